The molecule has 1 heterocycles. The number of nitrogens with zero attached hydrogens (tertiary/aromatic N) is 2. The van der Waals surface area contributed by atoms with Gasteiger partial charge in [-0.1, -0.05) is 25.1 Å². The fraction of sp³-hybridized carbons (Fsp3) is 0.280. The average Bonchev–Trinajstić information content (AvgIpc) is 2.83. The Balaban J connectivity index is 1.53. The minimum absolute atomic E-state index is 0.00561. The van der Waals surface area contributed by atoms with Crippen molar-refractivity contribution in [1.82, 2.24) is 15.3 Å². The van der Waals surface area contributed by atoms with E-state index < -0.39 is 17.6 Å². The van der Waals surface area contributed by atoms with Crippen molar-refractivity contribution in [1.29, 1.82) is 0 Å². The van der Waals surface area contributed by atoms with E-state index in [-0.39, 0.29) is 23.6 Å². The largest absolute Gasteiger partial charge is 0.416 e. The molecule has 190 valence electrons. The zero-order valence-corrected chi connectivity index (χ0v) is 19.9. The SMILES string of the molecule is CCC(=O)NCCNc1cc(Nc2ccc(CC(=O)Nc3ccc(C)c(C(F)(F)F)c3)cc2)ncn1. The van der Waals surface area contributed by atoms with Gasteiger partial charge in [-0.15, -0.1) is 0 Å². The van der Waals surface area contributed by atoms with Crippen molar-refractivity contribution in [2.45, 2.75) is 32.9 Å². The van der Waals surface area contributed by atoms with Gasteiger partial charge in [-0.25, -0.2) is 9.97 Å². The van der Waals surface area contributed by atoms with E-state index in [0.29, 0.717) is 36.7 Å². The molecular formula is C25H27F3N6O2. The number of anilines is 4. The molecule has 0 aliphatic rings. The standard InChI is InChI=1S/C25H27F3N6O2/c1-3-23(35)30-11-10-29-21-14-22(32-15-31-21)33-18-8-5-17(6-9-18)12-24(36)34-19-7-4-16(2)20(13-19)25(26,27)28/h4-9,13-15H,3,10-12H2,1-2H3,(H,30,35)(H,34,36)(H2,29,31,32,33). The van der Waals surface area contributed by atoms with E-state index in [1.54, 1.807) is 37.3 Å². The lowest BCUT2D eigenvalue weighted by Gasteiger charge is -2.13. The van der Waals surface area contributed by atoms with Gasteiger partial charge in [0.05, 0.1) is 12.0 Å². The number of nitrogens with one attached hydrogen (secondary N) is 4. The number of hydrogen-bond acceptors (Lipinski definition) is 6. The van der Waals surface area contributed by atoms with Gasteiger partial charge >= 0.3 is 6.18 Å². The third-order valence-electron chi connectivity index (χ3n) is 5.16. The van der Waals surface area contributed by atoms with Crippen LogP contribution in [0.15, 0.2) is 54.9 Å². The lowest BCUT2D eigenvalue weighted by Crippen LogP contribution is -2.28. The molecule has 0 atom stereocenters. The fourth-order valence-electron chi connectivity index (χ4n) is 3.29. The average molecular weight is 501 g/mol. The smallest absolute Gasteiger partial charge is 0.368 e. The Kier molecular flexibility index (Phi) is 8.82. The van der Waals surface area contributed by atoms with Gasteiger partial charge in [-0.3, -0.25) is 9.59 Å². The van der Waals surface area contributed by atoms with E-state index >= 15 is 0 Å². The number of rotatable bonds is 10. The molecule has 1 aromatic heterocycles. The summed E-state index contributed by atoms with van der Waals surface area (Å²) in [5.74, 6) is 0.703. The summed E-state index contributed by atoms with van der Waals surface area (Å²) < 4.78 is 39.3. The molecule has 0 spiro atoms. The summed E-state index contributed by atoms with van der Waals surface area (Å²) in [6, 6.07) is 12.5. The van der Waals surface area contributed by atoms with Crippen molar-refractivity contribution in [3.05, 3.63) is 71.5 Å². The molecule has 0 aliphatic heterocycles. The highest BCUT2D eigenvalue weighted by Gasteiger charge is 2.32. The van der Waals surface area contributed by atoms with E-state index in [1.807, 2.05) is 0 Å². The molecule has 0 radical (unpaired) electrons. The van der Waals surface area contributed by atoms with Crippen LogP contribution in [0.4, 0.5) is 36.2 Å². The van der Waals surface area contributed by atoms with Crippen LogP contribution in [0.1, 0.15) is 30.0 Å². The van der Waals surface area contributed by atoms with Crippen LogP contribution in [0, 0.1) is 6.92 Å². The molecule has 0 unspecified atom stereocenters. The molecule has 2 amide bonds. The Hall–Kier alpha value is -4.15. The van der Waals surface area contributed by atoms with Crippen LogP contribution < -0.4 is 21.3 Å². The van der Waals surface area contributed by atoms with Crippen LogP contribution in [0.2, 0.25) is 0 Å². The molecule has 8 nitrogen and oxygen atoms in total. The number of carbonyl (C=O) groups is 2. The van der Waals surface area contributed by atoms with Crippen molar-refractivity contribution in [3.63, 3.8) is 0 Å². The minimum Gasteiger partial charge on any atom is -0.368 e. The van der Waals surface area contributed by atoms with Crippen LogP contribution >= 0.6 is 0 Å². The summed E-state index contributed by atoms with van der Waals surface area (Å²) in [6.45, 7) is 4.15. The molecule has 36 heavy (non-hydrogen) atoms. The van der Waals surface area contributed by atoms with Crippen molar-refractivity contribution in [3.8, 4) is 0 Å². The van der Waals surface area contributed by atoms with E-state index in [9.17, 15) is 22.8 Å². The molecule has 0 saturated heterocycles. The maximum atomic E-state index is 13.1. The first kappa shape index (κ1) is 26.5. The maximum absolute atomic E-state index is 13.1. The number of hydrogen-bond donors (Lipinski definition) is 4. The summed E-state index contributed by atoms with van der Waals surface area (Å²) >= 11 is 0. The second kappa shape index (κ2) is 12.0. The number of alkyl halides is 3. The normalized spacial score (nSPS) is 11.0. The lowest BCUT2D eigenvalue weighted by molar-refractivity contribution is -0.138. The highest BCUT2D eigenvalue weighted by atomic mass is 19.4. The van der Waals surface area contributed by atoms with Crippen molar-refractivity contribution in [2.75, 3.05) is 29.0 Å². The predicted octanol–water partition coefficient (Wildman–Crippen LogP) is 4.67. The summed E-state index contributed by atoms with van der Waals surface area (Å²) in [4.78, 5) is 31.9. The number of aromatic nitrogens is 2. The summed E-state index contributed by atoms with van der Waals surface area (Å²) in [6.07, 6.45) is -2.64. The zero-order valence-electron chi connectivity index (χ0n) is 19.9. The van der Waals surface area contributed by atoms with Crippen LogP contribution in [-0.4, -0.2) is 34.9 Å². The maximum Gasteiger partial charge on any atom is 0.416 e. The Morgan fingerprint density at radius 3 is 2.28 bits per heavy atom. The molecule has 0 fully saturated rings. The van der Waals surface area contributed by atoms with Gasteiger partial charge < -0.3 is 21.3 Å². The molecule has 4 N–H and O–H groups in total. The van der Waals surface area contributed by atoms with E-state index in [1.165, 1.54) is 25.4 Å². The molecule has 0 aliphatic carbocycles. The number of amides is 2. The van der Waals surface area contributed by atoms with E-state index in [0.717, 1.165) is 11.8 Å². The quantitative estimate of drug-likeness (QED) is 0.302. The molecule has 0 bridgehead atoms. The first-order valence-electron chi connectivity index (χ1n) is 11.3. The van der Waals surface area contributed by atoms with Crippen LogP contribution in [0.3, 0.4) is 0 Å². The summed E-state index contributed by atoms with van der Waals surface area (Å²) in [5.41, 5.74) is 0.836. The van der Waals surface area contributed by atoms with Crippen molar-refractivity contribution >= 4 is 34.8 Å². The molecule has 3 aromatic rings. The van der Waals surface area contributed by atoms with Gasteiger partial charge in [0.15, 0.2) is 0 Å². The van der Waals surface area contributed by atoms with Crippen LogP contribution in [-0.2, 0) is 22.2 Å². The molecule has 3 rings (SSSR count). The van der Waals surface area contributed by atoms with Crippen LogP contribution in [0.25, 0.3) is 0 Å². The van der Waals surface area contributed by atoms with Gasteiger partial charge in [0, 0.05) is 37.0 Å². The second-order valence-electron chi connectivity index (χ2n) is 7.99. The zero-order chi connectivity index (χ0) is 26.1. The molecule has 11 heteroatoms. The van der Waals surface area contributed by atoms with E-state index in [4.69, 9.17) is 0 Å². The lowest BCUT2D eigenvalue weighted by atomic mass is 10.1. The Morgan fingerprint density at radius 1 is 0.889 bits per heavy atom. The van der Waals surface area contributed by atoms with Gasteiger partial charge in [0.1, 0.15) is 18.0 Å². The molecular weight excluding hydrogens is 473 g/mol. The number of benzene rings is 2. The highest BCUT2D eigenvalue weighted by Crippen LogP contribution is 2.33. The number of aryl methyl sites for hydroxylation is 1. The minimum atomic E-state index is -4.49. The Labute approximate surface area is 206 Å². The topological polar surface area (TPSA) is 108 Å². The fourth-order valence-corrected chi connectivity index (χ4v) is 3.29. The summed E-state index contributed by atoms with van der Waals surface area (Å²) in [5, 5.41) is 11.5. The van der Waals surface area contributed by atoms with Gasteiger partial charge in [0.25, 0.3) is 0 Å². The number of halogens is 3. The van der Waals surface area contributed by atoms with Crippen LogP contribution in [0.5, 0.6) is 0 Å². The predicted molar refractivity (Wildman–Crippen MR) is 132 cm³/mol. The van der Waals surface area contributed by atoms with Gasteiger partial charge in [0.2, 0.25) is 11.8 Å². The number of carbonyl (C=O) groups excluding carboxylic acids is 2. The first-order valence-corrected chi connectivity index (χ1v) is 11.3. The van der Waals surface area contributed by atoms with Crippen molar-refractivity contribution < 1.29 is 22.8 Å². The third-order valence-corrected chi connectivity index (χ3v) is 5.16. The second-order valence-corrected chi connectivity index (χ2v) is 7.99. The summed E-state index contributed by atoms with van der Waals surface area (Å²) in [7, 11) is 0. The Bertz CT molecular complexity index is 1200. The molecule has 2 aromatic carbocycles. The van der Waals surface area contributed by atoms with Crippen molar-refractivity contribution in [2.24, 2.45) is 0 Å². The third kappa shape index (κ3) is 7.97. The monoisotopic (exact) mass is 500 g/mol. The molecule has 0 saturated carbocycles. The Morgan fingerprint density at radius 2 is 1.58 bits per heavy atom. The first-order chi connectivity index (χ1) is 17.1. The van der Waals surface area contributed by atoms with Gasteiger partial charge in [-0.2, -0.15) is 13.2 Å². The highest BCUT2D eigenvalue weighted by molar-refractivity contribution is 5.92. The van der Waals surface area contributed by atoms with E-state index in [2.05, 4.69) is 31.2 Å². The van der Waals surface area contributed by atoms with Gasteiger partial charge in [-0.05, 0) is 42.3 Å².